The van der Waals surface area contributed by atoms with E-state index in [4.69, 9.17) is 56.8 Å². The zero-order chi connectivity index (χ0) is 79.7. The molecule has 0 amide bonds. The largest absolute Gasteiger partial charge is 0.507 e. The zero-order valence-electron chi connectivity index (χ0n) is 60.6. The lowest BCUT2D eigenvalue weighted by atomic mass is 10.2. The van der Waals surface area contributed by atoms with Crippen LogP contribution in [0.3, 0.4) is 0 Å². The highest BCUT2D eigenvalue weighted by Gasteiger charge is 2.22. The Labute approximate surface area is 634 Å². The van der Waals surface area contributed by atoms with Crippen LogP contribution in [0.25, 0.3) is 0 Å². The highest BCUT2D eigenvalue weighted by atomic mass is 16.6. The summed E-state index contributed by atoms with van der Waals surface area (Å²) in [4.78, 5) is 94.7. The first kappa shape index (κ1) is 87.2. The SMILES string of the molecule is CCOCCOC(=O)c1ccccc1O.CCOCCOC(=O)c1ccccc1O.CCOCCOC(=O)c1ccccc1O.CCOCCOC(=O)c1ccccc1OC(=O)c1ccccc1O.O=C(Oc1ccccc1)c1ccccc1O.O=C(Oc1ccccc1C(=O)Oc1ccccc1)c1ccccc1O. The minimum Gasteiger partial charge on any atom is -0.507 e. The normalized spacial score (nSPS) is 10.0. The van der Waals surface area contributed by atoms with Gasteiger partial charge in [-0.1, -0.05) is 133 Å². The van der Waals surface area contributed by atoms with Gasteiger partial charge in [0.1, 0.15) is 128 Å². The summed E-state index contributed by atoms with van der Waals surface area (Å²) < 4.78 is 60.7. The van der Waals surface area contributed by atoms with E-state index in [0.717, 1.165) is 0 Å². The summed E-state index contributed by atoms with van der Waals surface area (Å²) in [6.45, 7) is 11.8. The number of hydrogen-bond acceptors (Lipinski definition) is 26. The van der Waals surface area contributed by atoms with Crippen LogP contribution < -0.4 is 18.9 Å². The van der Waals surface area contributed by atoms with Gasteiger partial charge in [-0.15, -0.1) is 0 Å². The van der Waals surface area contributed by atoms with Gasteiger partial charge in [0.25, 0.3) is 0 Å². The van der Waals surface area contributed by atoms with Crippen molar-refractivity contribution in [3.8, 4) is 57.5 Å². The third-order valence-electron chi connectivity index (χ3n) is 13.9. The maximum absolute atomic E-state index is 12.4. The minimum absolute atomic E-state index is 0.00808. The first-order valence-corrected chi connectivity index (χ1v) is 34.2. The first-order chi connectivity index (χ1) is 53.3. The summed E-state index contributed by atoms with van der Waals surface area (Å²) in [5.41, 5.74) is 0.932. The van der Waals surface area contributed by atoms with Crippen molar-refractivity contribution in [1.82, 2.24) is 0 Å². The number of phenols is 6. The second-order valence-corrected chi connectivity index (χ2v) is 21.6. The summed E-state index contributed by atoms with van der Waals surface area (Å²) >= 11 is 0. The van der Waals surface area contributed by atoms with E-state index in [0.29, 0.717) is 64.4 Å². The van der Waals surface area contributed by atoms with Crippen molar-refractivity contribution in [3.63, 3.8) is 0 Å². The Bertz CT molecular complexity index is 4330. The van der Waals surface area contributed by atoms with E-state index < -0.39 is 47.8 Å². The van der Waals surface area contributed by atoms with Gasteiger partial charge < -0.3 is 87.5 Å². The van der Waals surface area contributed by atoms with Gasteiger partial charge in [-0.2, -0.15) is 0 Å². The predicted octanol–water partition coefficient (Wildman–Crippen LogP) is 14.0. The Balaban J connectivity index is 0.000000240. The molecule has 6 N–H and O–H groups in total. The molecule has 0 radical (unpaired) electrons. The smallest absolute Gasteiger partial charge is 0.347 e. The Morgan fingerprint density at radius 1 is 0.209 bits per heavy atom. The molecule has 0 aromatic heterocycles. The number of hydrogen-bond donors (Lipinski definition) is 6. The summed E-state index contributed by atoms with van der Waals surface area (Å²) in [6, 6.07) is 66.9. The third kappa shape index (κ3) is 31.3. The predicted molar refractivity (Wildman–Crippen MR) is 401 cm³/mol. The van der Waals surface area contributed by atoms with Crippen LogP contribution in [0, 0.1) is 0 Å². The van der Waals surface area contributed by atoms with Gasteiger partial charge in [0.15, 0.2) is 0 Å². The van der Waals surface area contributed by atoms with Crippen LogP contribution in [-0.4, -0.2) is 158 Å². The quantitative estimate of drug-likeness (QED) is 0.0115. The molecule has 110 heavy (non-hydrogen) atoms. The molecule has 0 saturated heterocycles. The Hall–Kier alpha value is -13.4. The lowest BCUT2D eigenvalue weighted by molar-refractivity contribution is 0.0325. The number of phenolic OH excluding ortho intramolecular Hbond substituents is 6. The van der Waals surface area contributed by atoms with Crippen LogP contribution in [0.4, 0.5) is 0 Å². The van der Waals surface area contributed by atoms with Crippen LogP contribution in [0.2, 0.25) is 0 Å². The van der Waals surface area contributed by atoms with Gasteiger partial charge in [0.2, 0.25) is 0 Å². The molecule has 10 rings (SSSR count). The molecule has 576 valence electrons. The molecular weight excluding hydrogens is 1420 g/mol. The van der Waals surface area contributed by atoms with E-state index in [9.17, 15) is 69.0 Å². The molecule has 0 fully saturated rings. The molecule has 10 aromatic rings. The van der Waals surface area contributed by atoms with Gasteiger partial charge in [0, 0.05) is 26.4 Å². The molecule has 0 aliphatic carbocycles. The lowest BCUT2D eigenvalue weighted by Gasteiger charge is -2.10. The number of esters is 8. The van der Waals surface area contributed by atoms with Crippen molar-refractivity contribution in [1.29, 1.82) is 0 Å². The lowest BCUT2D eigenvalue weighted by Crippen LogP contribution is -2.15. The molecule has 0 aliphatic rings. The van der Waals surface area contributed by atoms with Crippen molar-refractivity contribution in [3.05, 3.63) is 299 Å². The van der Waals surface area contributed by atoms with E-state index in [1.54, 1.807) is 152 Å². The second-order valence-electron chi connectivity index (χ2n) is 21.6. The third-order valence-corrected chi connectivity index (χ3v) is 13.9. The number of carbonyl (C=O) groups excluding carboxylic acids is 8. The fourth-order valence-corrected chi connectivity index (χ4v) is 8.60. The van der Waals surface area contributed by atoms with E-state index in [1.807, 2.05) is 33.8 Å². The van der Waals surface area contributed by atoms with Crippen LogP contribution in [-0.2, 0) is 37.9 Å². The fourth-order valence-electron chi connectivity index (χ4n) is 8.60. The average molecular weight is 1510 g/mol. The number of rotatable bonds is 28. The number of benzene rings is 10. The summed E-state index contributed by atoms with van der Waals surface area (Å²) in [7, 11) is 0. The molecule has 26 heteroatoms. The second kappa shape index (κ2) is 50.2. The number of ether oxygens (including phenoxy) is 12. The van der Waals surface area contributed by atoms with Crippen molar-refractivity contribution in [2.75, 3.05) is 79.3 Å². The van der Waals surface area contributed by atoms with Crippen LogP contribution in [0.5, 0.6) is 57.5 Å². The van der Waals surface area contributed by atoms with E-state index in [1.165, 1.54) is 97.1 Å². The van der Waals surface area contributed by atoms with E-state index in [-0.39, 0.29) is 117 Å². The van der Waals surface area contributed by atoms with Crippen molar-refractivity contribution in [2.24, 2.45) is 0 Å². The Morgan fingerprint density at radius 2 is 0.391 bits per heavy atom. The van der Waals surface area contributed by atoms with E-state index >= 15 is 0 Å². The molecular formula is C84H84O26. The van der Waals surface area contributed by atoms with Gasteiger partial charge in [0.05, 0.1) is 26.4 Å². The summed E-state index contributed by atoms with van der Waals surface area (Å²) in [5.74, 6) is -4.69. The minimum atomic E-state index is -0.766. The first-order valence-electron chi connectivity index (χ1n) is 34.2. The topological polar surface area (TPSA) is 369 Å². The standard InChI is InChI=1S/C20H14O5.C18H18O6.C13H10O3.3C11H14O4/c21-17-12-6-4-10-15(17)19(22)25-18-13-7-5-11-16(18)20(23)24-14-8-2-1-3-9-14;1-2-22-11-12-23-17(20)14-8-4-6-10-16(14)24-18(21)13-7-3-5-9-15(13)19;14-12-9-5-4-8-11(12)13(15)16-10-6-2-1-3-7-10;3*1-2-14-7-8-15-11(13)9-5-3-4-6-10(9)12/h1-13,21H;3-10,19H,2,11-12H2,1H3;1-9,14H;3*3-6,12H,2,7-8H2,1H3. The van der Waals surface area contributed by atoms with Gasteiger partial charge in [-0.25, -0.2) is 38.4 Å². The number of carbonyl (C=O) groups is 8. The molecule has 0 bridgehead atoms. The summed E-state index contributed by atoms with van der Waals surface area (Å²) in [6.07, 6.45) is 0. The molecule has 0 atom stereocenters. The molecule has 26 nitrogen and oxygen atoms in total. The Kier molecular flexibility index (Phi) is 39.8. The summed E-state index contributed by atoms with van der Waals surface area (Å²) in [5, 5.41) is 57.0. The molecule has 0 saturated carbocycles. The van der Waals surface area contributed by atoms with Crippen LogP contribution in [0.15, 0.2) is 255 Å². The van der Waals surface area contributed by atoms with Crippen molar-refractivity contribution in [2.45, 2.75) is 27.7 Å². The van der Waals surface area contributed by atoms with Crippen LogP contribution >= 0.6 is 0 Å². The molecule has 0 aliphatic heterocycles. The highest BCUT2D eigenvalue weighted by Crippen LogP contribution is 2.27. The maximum Gasteiger partial charge on any atom is 0.347 e. The molecule has 0 unspecified atom stereocenters. The zero-order valence-corrected chi connectivity index (χ0v) is 60.6. The van der Waals surface area contributed by atoms with Crippen LogP contribution in [0.1, 0.15) is 111 Å². The molecule has 0 spiro atoms. The highest BCUT2D eigenvalue weighted by molar-refractivity contribution is 5.99. The van der Waals surface area contributed by atoms with Crippen molar-refractivity contribution < 1.29 is 126 Å². The van der Waals surface area contributed by atoms with Crippen molar-refractivity contribution >= 4 is 47.8 Å². The van der Waals surface area contributed by atoms with E-state index in [2.05, 4.69) is 0 Å². The van der Waals surface area contributed by atoms with Gasteiger partial charge in [-0.05, 0) is 149 Å². The number of para-hydroxylation sites is 10. The van der Waals surface area contributed by atoms with Gasteiger partial charge >= 0.3 is 47.8 Å². The Morgan fingerprint density at radius 3 is 0.636 bits per heavy atom. The molecule has 0 heterocycles. The number of aromatic hydroxyl groups is 6. The average Bonchev–Trinajstić information content (AvgIpc) is 0.817. The molecule has 10 aromatic carbocycles. The maximum atomic E-state index is 12.4. The van der Waals surface area contributed by atoms with Gasteiger partial charge in [-0.3, -0.25) is 0 Å². The fraction of sp³-hybridized carbons (Fsp3) is 0.190. The monoisotopic (exact) mass is 1510 g/mol.